The fourth-order valence-corrected chi connectivity index (χ4v) is 2.11. The lowest BCUT2D eigenvalue weighted by atomic mass is 9.79. The summed E-state index contributed by atoms with van der Waals surface area (Å²) in [5.74, 6) is 0. The van der Waals surface area contributed by atoms with Gasteiger partial charge in [0.1, 0.15) is 6.67 Å². The molecule has 1 saturated heterocycles. The van der Waals surface area contributed by atoms with E-state index in [1.54, 1.807) is 0 Å². The molecule has 0 bridgehead atoms. The van der Waals surface area contributed by atoms with E-state index >= 15 is 0 Å². The van der Waals surface area contributed by atoms with Crippen LogP contribution >= 0.6 is 0 Å². The van der Waals surface area contributed by atoms with Crippen LogP contribution in [-0.4, -0.2) is 43.4 Å². The Labute approximate surface area is 72.7 Å². The van der Waals surface area contributed by atoms with Crippen LogP contribution in [0.25, 0.3) is 0 Å². The first-order valence-electron chi connectivity index (χ1n) is 4.77. The monoisotopic (exact) mass is 173 g/mol. The number of alkyl halides is 1. The van der Waals surface area contributed by atoms with E-state index in [0.29, 0.717) is 6.54 Å². The van der Waals surface area contributed by atoms with Gasteiger partial charge >= 0.3 is 0 Å². The van der Waals surface area contributed by atoms with Crippen LogP contribution in [0.15, 0.2) is 0 Å². The highest BCUT2D eigenvalue weighted by Gasteiger charge is 2.41. The summed E-state index contributed by atoms with van der Waals surface area (Å²) in [5, 5.41) is 0. The molecule has 70 valence electrons. The molecule has 0 aromatic carbocycles. The molecular formula is C9H16FNO. The van der Waals surface area contributed by atoms with E-state index in [0.717, 1.165) is 19.7 Å². The average Bonchev–Trinajstić information content (AvgIpc) is 2.03. The van der Waals surface area contributed by atoms with Gasteiger partial charge in [0.05, 0.1) is 12.2 Å². The Balaban J connectivity index is 1.85. The van der Waals surface area contributed by atoms with E-state index in [2.05, 4.69) is 4.90 Å². The first-order chi connectivity index (χ1) is 5.85. The quantitative estimate of drug-likeness (QED) is 0.622. The van der Waals surface area contributed by atoms with Crippen molar-refractivity contribution in [2.24, 2.45) is 0 Å². The number of ether oxygens (including phenoxy) is 1. The summed E-state index contributed by atoms with van der Waals surface area (Å²) in [6.45, 7) is 3.02. The summed E-state index contributed by atoms with van der Waals surface area (Å²) in [4.78, 5) is 2.18. The Morgan fingerprint density at radius 2 is 2.25 bits per heavy atom. The Morgan fingerprint density at radius 1 is 1.42 bits per heavy atom. The van der Waals surface area contributed by atoms with Crippen molar-refractivity contribution in [1.82, 2.24) is 4.90 Å². The minimum absolute atomic E-state index is 0.132. The van der Waals surface area contributed by atoms with Gasteiger partial charge in [0.2, 0.25) is 0 Å². The minimum atomic E-state index is -0.226. The number of hydrogen-bond acceptors (Lipinski definition) is 2. The summed E-state index contributed by atoms with van der Waals surface area (Å²) in [6.07, 6.45) is 3.63. The van der Waals surface area contributed by atoms with Crippen LogP contribution in [0.1, 0.15) is 19.3 Å². The summed E-state index contributed by atoms with van der Waals surface area (Å²) in [6, 6.07) is 0. The fourth-order valence-electron chi connectivity index (χ4n) is 2.11. The van der Waals surface area contributed by atoms with Gasteiger partial charge in [-0.05, 0) is 19.3 Å². The summed E-state index contributed by atoms with van der Waals surface area (Å²) in [7, 11) is 0. The molecule has 2 rings (SSSR count). The van der Waals surface area contributed by atoms with Crippen molar-refractivity contribution in [3.8, 4) is 0 Å². The molecule has 0 aromatic heterocycles. The molecule has 0 aromatic rings. The topological polar surface area (TPSA) is 12.5 Å². The van der Waals surface area contributed by atoms with Gasteiger partial charge in [0.15, 0.2) is 0 Å². The van der Waals surface area contributed by atoms with Gasteiger partial charge in [0.25, 0.3) is 0 Å². The van der Waals surface area contributed by atoms with Crippen LogP contribution in [0.2, 0.25) is 0 Å². The molecular weight excluding hydrogens is 157 g/mol. The third-order valence-electron chi connectivity index (χ3n) is 2.99. The fraction of sp³-hybridized carbons (Fsp3) is 1.00. The molecule has 1 spiro atoms. The maximum atomic E-state index is 12.1. The number of morpholine rings is 1. The molecule has 0 N–H and O–H groups in total. The molecule has 2 aliphatic rings. The molecule has 0 radical (unpaired) electrons. The Kier molecular flexibility index (Phi) is 2.33. The third kappa shape index (κ3) is 1.48. The zero-order valence-electron chi connectivity index (χ0n) is 7.39. The summed E-state index contributed by atoms with van der Waals surface area (Å²) >= 11 is 0. The van der Waals surface area contributed by atoms with Crippen LogP contribution in [0.4, 0.5) is 4.39 Å². The van der Waals surface area contributed by atoms with E-state index in [-0.39, 0.29) is 12.3 Å². The Hall–Kier alpha value is -0.150. The molecule has 1 aliphatic carbocycles. The van der Waals surface area contributed by atoms with Gasteiger partial charge in [-0.3, -0.25) is 4.90 Å². The second-order valence-electron chi connectivity index (χ2n) is 3.85. The van der Waals surface area contributed by atoms with E-state index in [4.69, 9.17) is 4.74 Å². The molecule has 0 atom stereocenters. The molecule has 12 heavy (non-hydrogen) atoms. The zero-order valence-corrected chi connectivity index (χ0v) is 7.39. The normalized spacial score (nSPS) is 28.8. The Bertz CT molecular complexity index is 157. The van der Waals surface area contributed by atoms with Gasteiger partial charge in [-0.25, -0.2) is 4.39 Å². The second-order valence-corrected chi connectivity index (χ2v) is 3.85. The molecule has 0 amide bonds. The molecule has 3 heteroatoms. The molecule has 1 aliphatic heterocycles. The zero-order chi connectivity index (χ0) is 8.44. The van der Waals surface area contributed by atoms with Crippen molar-refractivity contribution in [3.63, 3.8) is 0 Å². The van der Waals surface area contributed by atoms with Gasteiger partial charge in [-0.1, -0.05) is 0 Å². The van der Waals surface area contributed by atoms with Crippen LogP contribution in [-0.2, 0) is 4.74 Å². The van der Waals surface area contributed by atoms with E-state index in [1.807, 2.05) is 0 Å². The predicted octanol–water partition coefficient (Wildman–Crippen LogP) is 1.21. The standard InChI is InChI=1S/C9H16FNO/c10-4-5-11-6-7-12-9(8-11)2-1-3-9/h1-8H2. The highest BCUT2D eigenvalue weighted by atomic mass is 19.1. The Morgan fingerprint density at radius 3 is 2.83 bits per heavy atom. The lowest BCUT2D eigenvalue weighted by Gasteiger charge is -2.48. The molecule has 1 saturated carbocycles. The number of rotatable bonds is 2. The lowest BCUT2D eigenvalue weighted by molar-refractivity contribution is -0.151. The van der Waals surface area contributed by atoms with Crippen molar-refractivity contribution in [1.29, 1.82) is 0 Å². The number of nitrogens with zero attached hydrogens (tertiary/aromatic N) is 1. The summed E-state index contributed by atoms with van der Waals surface area (Å²) < 4.78 is 17.8. The highest BCUT2D eigenvalue weighted by molar-refractivity contribution is 4.94. The van der Waals surface area contributed by atoms with Gasteiger partial charge in [-0.15, -0.1) is 0 Å². The van der Waals surface area contributed by atoms with Crippen LogP contribution < -0.4 is 0 Å². The smallest absolute Gasteiger partial charge is 0.102 e. The first kappa shape index (κ1) is 8.45. The molecule has 2 fully saturated rings. The van der Waals surface area contributed by atoms with E-state index in [9.17, 15) is 4.39 Å². The molecule has 0 unspecified atom stereocenters. The summed E-state index contributed by atoms with van der Waals surface area (Å²) in [5.41, 5.74) is 0.132. The van der Waals surface area contributed by atoms with E-state index < -0.39 is 0 Å². The maximum Gasteiger partial charge on any atom is 0.102 e. The van der Waals surface area contributed by atoms with Crippen molar-refractivity contribution in [2.45, 2.75) is 24.9 Å². The van der Waals surface area contributed by atoms with E-state index in [1.165, 1.54) is 19.3 Å². The van der Waals surface area contributed by atoms with Crippen molar-refractivity contribution in [3.05, 3.63) is 0 Å². The SMILES string of the molecule is FCCN1CCOC2(CCC2)C1. The van der Waals surface area contributed by atoms with Crippen LogP contribution in [0.5, 0.6) is 0 Å². The molecule has 2 nitrogen and oxygen atoms in total. The van der Waals surface area contributed by atoms with Crippen molar-refractivity contribution >= 4 is 0 Å². The second kappa shape index (κ2) is 3.30. The van der Waals surface area contributed by atoms with Crippen LogP contribution in [0.3, 0.4) is 0 Å². The van der Waals surface area contributed by atoms with Crippen molar-refractivity contribution in [2.75, 3.05) is 32.9 Å². The minimum Gasteiger partial charge on any atom is -0.372 e. The average molecular weight is 173 g/mol. The lowest BCUT2D eigenvalue weighted by Crippen LogP contribution is -2.55. The van der Waals surface area contributed by atoms with Gasteiger partial charge < -0.3 is 4.74 Å². The predicted molar refractivity (Wildman–Crippen MR) is 44.9 cm³/mol. The molecule has 1 heterocycles. The highest BCUT2D eigenvalue weighted by Crippen LogP contribution is 2.37. The number of halogens is 1. The van der Waals surface area contributed by atoms with Gasteiger partial charge in [-0.2, -0.15) is 0 Å². The third-order valence-corrected chi connectivity index (χ3v) is 2.99. The first-order valence-corrected chi connectivity index (χ1v) is 4.77. The number of hydrogen-bond donors (Lipinski definition) is 0. The largest absolute Gasteiger partial charge is 0.372 e. The van der Waals surface area contributed by atoms with Gasteiger partial charge in [0, 0.05) is 19.6 Å². The van der Waals surface area contributed by atoms with Crippen molar-refractivity contribution < 1.29 is 9.13 Å². The van der Waals surface area contributed by atoms with Crippen LogP contribution in [0, 0.1) is 0 Å². The maximum absolute atomic E-state index is 12.1.